The van der Waals surface area contributed by atoms with E-state index in [1.807, 2.05) is 24.3 Å². The molecule has 6 nitrogen and oxygen atoms in total. The maximum atomic E-state index is 12.3. The van der Waals surface area contributed by atoms with Gasteiger partial charge in [-0.2, -0.15) is 0 Å². The smallest absolute Gasteiger partial charge is 0.323 e. The van der Waals surface area contributed by atoms with Gasteiger partial charge in [0, 0.05) is 31.7 Å². The maximum Gasteiger partial charge on any atom is 0.323 e. The van der Waals surface area contributed by atoms with Crippen molar-refractivity contribution in [3.05, 3.63) is 34.3 Å². The zero-order chi connectivity index (χ0) is 15.8. The van der Waals surface area contributed by atoms with Gasteiger partial charge in [-0.15, -0.1) is 0 Å². The van der Waals surface area contributed by atoms with Crippen LogP contribution in [0.25, 0.3) is 0 Å². The molecule has 116 valence electrons. The molecule has 1 N–H and O–H groups in total. The van der Waals surface area contributed by atoms with Crippen molar-refractivity contribution in [2.24, 2.45) is 0 Å². The molecule has 0 aromatic heterocycles. The molecule has 1 aromatic carbocycles. The lowest BCUT2D eigenvalue weighted by molar-refractivity contribution is -0.137. The number of amides is 2. The number of nitrogens with zero attached hydrogens (tertiary/aromatic N) is 2. The number of carboxylic acid groups (broad SMARTS) is 1. The Labute approximate surface area is 132 Å². The van der Waals surface area contributed by atoms with E-state index in [1.54, 1.807) is 7.05 Å². The van der Waals surface area contributed by atoms with Crippen LogP contribution in [0.2, 0.25) is 0 Å². The number of methoxy groups -OCH3 is 1. The van der Waals surface area contributed by atoms with Crippen molar-refractivity contribution in [1.29, 1.82) is 0 Å². The highest BCUT2D eigenvalue weighted by Crippen LogP contribution is 2.17. The third-order valence-electron chi connectivity index (χ3n) is 2.85. The molecule has 0 aliphatic heterocycles. The van der Waals surface area contributed by atoms with Crippen LogP contribution >= 0.6 is 15.9 Å². The molecular formula is C14H19BrN2O4. The summed E-state index contributed by atoms with van der Waals surface area (Å²) in [5, 5.41) is 8.89. The summed E-state index contributed by atoms with van der Waals surface area (Å²) in [6.07, 6.45) is 0. The third-order valence-corrected chi connectivity index (χ3v) is 3.63. The number of halogens is 1. The number of carboxylic acids is 1. The SMILES string of the molecule is COCCN(CC(=O)O)C(=O)N(C)Cc1ccccc1Br. The summed E-state index contributed by atoms with van der Waals surface area (Å²) >= 11 is 3.43. The summed E-state index contributed by atoms with van der Waals surface area (Å²) in [5.41, 5.74) is 0.954. The van der Waals surface area contributed by atoms with E-state index >= 15 is 0 Å². The van der Waals surface area contributed by atoms with Crippen molar-refractivity contribution in [3.8, 4) is 0 Å². The monoisotopic (exact) mass is 358 g/mol. The van der Waals surface area contributed by atoms with Crippen molar-refractivity contribution in [2.45, 2.75) is 6.54 Å². The van der Waals surface area contributed by atoms with Crippen molar-refractivity contribution in [2.75, 3.05) is 33.9 Å². The maximum absolute atomic E-state index is 12.3. The first kappa shape index (κ1) is 17.5. The van der Waals surface area contributed by atoms with Crippen LogP contribution in [0.3, 0.4) is 0 Å². The van der Waals surface area contributed by atoms with Crippen LogP contribution in [0.5, 0.6) is 0 Å². The predicted octanol–water partition coefficient (Wildman–Crippen LogP) is 2.03. The largest absolute Gasteiger partial charge is 0.480 e. The Balaban J connectivity index is 2.73. The molecule has 0 saturated heterocycles. The Morgan fingerprint density at radius 3 is 2.57 bits per heavy atom. The van der Waals surface area contributed by atoms with Gasteiger partial charge >= 0.3 is 12.0 Å². The minimum absolute atomic E-state index is 0.238. The first-order valence-corrected chi connectivity index (χ1v) is 7.19. The number of carbonyl (C=O) groups is 2. The molecule has 0 aliphatic rings. The van der Waals surface area contributed by atoms with Gasteiger partial charge in [0.25, 0.3) is 0 Å². The van der Waals surface area contributed by atoms with Gasteiger partial charge < -0.3 is 19.6 Å². The number of hydrogen-bond donors (Lipinski definition) is 1. The Kier molecular flexibility index (Phi) is 7.18. The molecule has 0 spiro atoms. The molecule has 2 amide bonds. The van der Waals surface area contributed by atoms with Crippen molar-refractivity contribution in [1.82, 2.24) is 9.80 Å². The average Bonchev–Trinajstić information content (AvgIpc) is 2.44. The van der Waals surface area contributed by atoms with E-state index in [0.29, 0.717) is 13.2 Å². The van der Waals surface area contributed by atoms with E-state index in [2.05, 4.69) is 15.9 Å². The lowest BCUT2D eigenvalue weighted by atomic mass is 10.2. The predicted molar refractivity (Wildman–Crippen MR) is 82.1 cm³/mol. The highest BCUT2D eigenvalue weighted by molar-refractivity contribution is 9.10. The molecule has 21 heavy (non-hydrogen) atoms. The molecule has 7 heteroatoms. The summed E-state index contributed by atoms with van der Waals surface area (Å²) in [6.45, 7) is 0.579. The van der Waals surface area contributed by atoms with Gasteiger partial charge in [0.1, 0.15) is 6.54 Å². The Hall–Kier alpha value is -1.60. The van der Waals surface area contributed by atoms with Gasteiger partial charge in [0.15, 0.2) is 0 Å². The van der Waals surface area contributed by atoms with Gasteiger partial charge in [-0.25, -0.2) is 4.79 Å². The van der Waals surface area contributed by atoms with Crippen LogP contribution in [0.1, 0.15) is 5.56 Å². The van der Waals surface area contributed by atoms with Gasteiger partial charge in [-0.3, -0.25) is 4.79 Å². The van der Waals surface area contributed by atoms with Crippen molar-refractivity contribution >= 4 is 27.9 Å². The second-order valence-corrected chi connectivity index (χ2v) is 5.39. The first-order chi connectivity index (χ1) is 9.95. The molecule has 0 bridgehead atoms. The van der Waals surface area contributed by atoms with Gasteiger partial charge in [-0.05, 0) is 11.6 Å². The summed E-state index contributed by atoms with van der Waals surface area (Å²) in [7, 11) is 3.15. The van der Waals surface area contributed by atoms with Crippen LogP contribution < -0.4 is 0 Å². The standard InChI is InChI=1S/C14H19BrN2O4/c1-16(9-11-5-3-4-6-12(11)15)14(20)17(7-8-21-2)10-13(18)19/h3-6H,7-10H2,1-2H3,(H,18,19). The van der Waals surface area contributed by atoms with Crippen molar-refractivity contribution < 1.29 is 19.4 Å². The van der Waals surface area contributed by atoms with E-state index < -0.39 is 5.97 Å². The number of rotatable bonds is 7. The molecule has 1 rings (SSSR count). The Morgan fingerprint density at radius 1 is 1.33 bits per heavy atom. The summed E-state index contributed by atoms with van der Waals surface area (Å²) in [6, 6.07) is 7.24. The van der Waals surface area contributed by atoms with E-state index in [-0.39, 0.29) is 19.1 Å². The first-order valence-electron chi connectivity index (χ1n) is 6.40. The van der Waals surface area contributed by atoms with Crippen LogP contribution in [0.4, 0.5) is 4.79 Å². The van der Waals surface area contributed by atoms with Crippen LogP contribution in [0.15, 0.2) is 28.7 Å². The van der Waals surface area contributed by atoms with Gasteiger partial charge in [-0.1, -0.05) is 34.1 Å². The van der Waals surface area contributed by atoms with Crippen LogP contribution in [0, 0.1) is 0 Å². The third kappa shape index (κ3) is 5.73. The van der Waals surface area contributed by atoms with Crippen LogP contribution in [-0.2, 0) is 16.1 Å². The fraction of sp³-hybridized carbons (Fsp3) is 0.429. The fourth-order valence-corrected chi connectivity index (χ4v) is 2.21. The molecular weight excluding hydrogens is 340 g/mol. The molecule has 0 unspecified atom stereocenters. The highest BCUT2D eigenvalue weighted by atomic mass is 79.9. The Morgan fingerprint density at radius 2 is 2.00 bits per heavy atom. The number of ether oxygens (including phenoxy) is 1. The number of urea groups is 1. The molecule has 0 aliphatic carbocycles. The molecule has 0 heterocycles. The molecule has 0 atom stereocenters. The van der Waals surface area contributed by atoms with Crippen LogP contribution in [-0.4, -0.2) is 60.8 Å². The lowest BCUT2D eigenvalue weighted by Crippen LogP contribution is -2.44. The molecule has 1 aromatic rings. The van der Waals surface area contributed by atoms with Gasteiger partial charge in [0.05, 0.1) is 6.61 Å². The van der Waals surface area contributed by atoms with E-state index in [9.17, 15) is 9.59 Å². The number of aliphatic carboxylic acids is 1. The zero-order valence-electron chi connectivity index (χ0n) is 12.1. The van der Waals surface area contributed by atoms with Crippen molar-refractivity contribution in [3.63, 3.8) is 0 Å². The zero-order valence-corrected chi connectivity index (χ0v) is 13.7. The Bertz CT molecular complexity index is 496. The number of carbonyl (C=O) groups excluding carboxylic acids is 1. The number of benzene rings is 1. The summed E-state index contributed by atoms with van der Waals surface area (Å²) in [4.78, 5) is 25.9. The normalized spacial score (nSPS) is 10.2. The fourth-order valence-electron chi connectivity index (χ4n) is 1.80. The quantitative estimate of drug-likeness (QED) is 0.809. The minimum Gasteiger partial charge on any atom is -0.480 e. The van der Waals surface area contributed by atoms with E-state index in [1.165, 1.54) is 16.9 Å². The molecule has 0 saturated carbocycles. The molecule has 0 fully saturated rings. The topological polar surface area (TPSA) is 70.1 Å². The van der Waals surface area contributed by atoms with Gasteiger partial charge in [0.2, 0.25) is 0 Å². The summed E-state index contributed by atoms with van der Waals surface area (Å²) < 4.78 is 5.82. The second-order valence-electron chi connectivity index (χ2n) is 4.54. The molecule has 0 radical (unpaired) electrons. The second kappa shape index (κ2) is 8.63. The minimum atomic E-state index is -1.05. The van der Waals surface area contributed by atoms with E-state index in [4.69, 9.17) is 9.84 Å². The lowest BCUT2D eigenvalue weighted by Gasteiger charge is -2.27. The summed E-state index contributed by atoms with van der Waals surface area (Å²) in [5.74, 6) is -1.05. The average molecular weight is 359 g/mol. The number of hydrogen-bond acceptors (Lipinski definition) is 3. The van der Waals surface area contributed by atoms with E-state index in [0.717, 1.165) is 10.0 Å². The highest BCUT2D eigenvalue weighted by Gasteiger charge is 2.20.